The van der Waals surface area contributed by atoms with Gasteiger partial charge in [0.25, 0.3) is 0 Å². The van der Waals surface area contributed by atoms with Crippen LogP contribution in [0, 0.1) is 11.8 Å². The molecule has 1 N–H and O–H groups in total. The van der Waals surface area contributed by atoms with Crippen LogP contribution in [0.3, 0.4) is 0 Å². The van der Waals surface area contributed by atoms with Crippen LogP contribution in [0.5, 0.6) is 5.75 Å². The Hall–Kier alpha value is -1.91. The number of rotatable bonds is 10. The molecule has 0 radical (unpaired) electrons. The number of methoxy groups -OCH3 is 1. The van der Waals surface area contributed by atoms with Crippen molar-refractivity contribution in [3.05, 3.63) is 47.7 Å². The fraction of sp³-hybridized carbons (Fsp3) is 0.607. The van der Waals surface area contributed by atoms with Crippen molar-refractivity contribution < 1.29 is 9.84 Å². The highest BCUT2D eigenvalue weighted by molar-refractivity contribution is 5.85. The maximum atomic E-state index is 12.0. The SMILES string of the molecule is C=C[C@H]1CN2CCC1C[C@H]2[C@H](O)c1c(CCCC)c(CCCC)nc2ccc(OC)cc12. The van der Waals surface area contributed by atoms with Gasteiger partial charge in [-0.15, -0.1) is 6.58 Å². The third kappa shape index (κ3) is 4.45. The van der Waals surface area contributed by atoms with Gasteiger partial charge < -0.3 is 9.84 Å². The quantitative estimate of drug-likeness (QED) is 0.474. The summed E-state index contributed by atoms with van der Waals surface area (Å²) in [4.78, 5) is 7.62. The average molecular weight is 437 g/mol. The molecule has 3 saturated heterocycles. The topological polar surface area (TPSA) is 45.6 Å². The van der Waals surface area contributed by atoms with Gasteiger partial charge in [0.15, 0.2) is 0 Å². The predicted octanol–water partition coefficient (Wildman–Crippen LogP) is 5.86. The Morgan fingerprint density at radius 2 is 2.03 bits per heavy atom. The minimum absolute atomic E-state index is 0.168. The molecule has 4 heteroatoms. The smallest absolute Gasteiger partial charge is 0.119 e. The van der Waals surface area contributed by atoms with Crippen LogP contribution in [0.25, 0.3) is 10.9 Å². The molecule has 2 unspecified atom stereocenters. The number of aliphatic hydroxyl groups is 1. The van der Waals surface area contributed by atoms with Gasteiger partial charge in [-0.2, -0.15) is 0 Å². The molecule has 1 aromatic carbocycles. The van der Waals surface area contributed by atoms with Crippen molar-refractivity contribution >= 4 is 10.9 Å². The molecule has 0 saturated carbocycles. The Labute approximate surface area is 193 Å². The second-order valence-corrected chi connectivity index (χ2v) is 9.73. The van der Waals surface area contributed by atoms with Gasteiger partial charge in [0.05, 0.1) is 18.7 Å². The maximum Gasteiger partial charge on any atom is 0.119 e. The van der Waals surface area contributed by atoms with E-state index >= 15 is 0 Å². The monoisotopic (exact) mass is 436 g/mol. The molecule has 32 heavy (non-hydrogen) atoms. The van der Waals surface area contributed by atoms with Gasteiger partial charge in [-0.3, -0.25) is 9.88 Å². The molecule has 3 aliphatic heterocycles. The van der Waals surface area contributed by atoms with Crippen LogP contribution in [0.1, 0.15) is 75.3 Å². The second-order valence-electron chi connectivity index (χ2n) is 9.73. The number of hydrogen-bond donors (Lipinski definition) is 1. The van der Waals surface area contributed by atoms with Gasteiger partial charge in [0.2, 0.25) is 0 Å². The zero-order valence-electron chi connectivity index (χ0n) is 20.1. The zero-order chi connectivity index (χ0) is 22.7. The highest BCUT2D eigenvalue weighted by atomic mass is 16.5. The number of ether oxygens (including phenoxy) is 1. The molecule has 3 aliphatic rings. The Kier molecular flexibility index (Phi) is 7.52. The molecular formula is C28H40N2O2. The molecule has 2 aromatic rings. The Bertz CT molecular complexity index is 941. The molecule has 4 nitrogen and oxygen atoms in total. The van der Waals surface area contributed by atoms with E-state index < -0.39 is 6.10 Å². The van der Waals surface area contributed by atoms with Crippen LogP contribution < -0.4 is 4.74 Å². The second kappa shape index (κ2) is 10.4. The van der Waals surface area contributed by atoms with Gasteiger partial charge >= 0.3 is 0 Å². The third-order valence-electron chi connectivity index (χ3n) is 7.78. The first-order valence-electron chi connectivity index (χ1n) is 12.6. The van der Waals surface area contributed by atoms with Crippen LogP contribution in [0.2, 0.25) is 0 Å². The van der Waals surface area contributed by atoms with E-state index in [-0.39, 0.29) is 6.04 Å². The molecule has 0 amide bonds. The molecule has 5 rings (SSSR count). The Balaban J connectivity index is 1.83. The van der Waals surface area contributed by atoms with Gasteiger partial charge in [0.1, 0.15) is 5.75 Å². The summed E-state index contributed by atoms with van der Waals surface area (Å²) in [6.45, 7) is 10.6. The first-order chi connectivity index (χ1) is 15.6. The lowest BCUT2D eigenvalue weighted by molar-refractivity contribution is -0.0447. The first-order valence-corrected chi connectivity index (χ1v) is 12.6. The molecule has 0 aliphatic carbocycles. The van der Waals surface area contributed by atoms with Crippen molar-refractivity contribution in [3.63, 3.8) is 0 Å². The summed E-state index contributed by atoms with van der Waals surface area (Å²) in [6, 6.07) is 6.30. The summed E-state index contributed by atoms with van der Waals surface area (Å²) >= 11 is 0. The number of aliphatic hydroxyl groups excluding tert-OH is 1. The van der Waals surface area contributed by atoms with Crippen LogP contribution >= 0.6 is 0 Å². The molecule has 4 heterocycles. The van der Waals surface area contributed by atoms with E-state index in [1.807, 2.05) is 6.07 Å². The van der Waals surface area contributed by atoms with Crippen molar-refractivity contribution in [2.45, 2.75) is 77.4 Å². The van der Waals surface area contributed by atoms with Crippen molar-refractivity contribution in [1.29, 1.82) is 0 Å². The summed E-state index contributed by atoms with van der Waals surface area (Å²) in [5.74, 6) is 2.02. The molecular weight excluding hydrogens is 396 g/mol. The maximum absolute atomic E-state index is 12.0. The van der Waals surface area contributed by atoms with E-state index in [4.69, 9.17) is 9.72 Å². The minimum Gasteiger partial charge on any atom is -0.497 e. The summed E-state index contributed by atoms with van der Waals surface area (Å²) < 4.78 is 5.57. The van der Waals surface area contributed by atoms with Crippen molar-refractivity contribution in [3.8, 4) is 5.75 Å². The van der Waals surface area contributed by atoms with Gasteiger partial charge in [-0.05, 0) is 86.2 Å². The van der Waals surface area contributed by atoms with Gasteiger partial charge in [-0.1, -0.05) is 32.8 Å². The largest absolute Gasteiger partial charge is 0.497 e. The summed E-state index contributed by atoms with van der Waals surface area (Å²) in [5, 5.41) is 13.0. The average Bonchev–Trinajstić information content (AvgIpc) is 2.84. The van der Waals surface area contributed by atoms with Crippen molar-refractivity contribution in [2.24, 2.45) is 11.8 Å². The van der Waals surface area contributed by atoms with Crippen molar-refractivity contribution in [2.75, 3.05) is 20.2 Å². The predicted molar refractivity (Wildman–Crippen MR) is 132 cm³/mol. The van der Waals surface area contributed by atoms with Gasteiger partial charge in [0, 0.05) is 23.7 Å². The molecule has 174 valence electrons. The molecule has 0 spiro atoms. The molecule has 5 atom stereocenters. The minimum atomic E-state index is -0.506. The number of nitrogens with zero attached hydrogens (tertiary/aromatic N) is 2. The van der Waals surface area contributed by atoms with E-state index in [9.17, 15) is 5.11 Å². The molecule has 2 bridgehead atoms. The number of piperidine rings is 3. The van der Waals surface area contributed by atoms with Crippen molar-refractivity contribution in [1.82, 2.24) is 9.88 Å². The number of aromatic nitrogens is 1. The fourth-order valence-corrected chi connectivity index (χ4v) is 5.91. The van der Waals surface area contributed by atoms with Crippen LogP contribution in [0.4, 0.5) is 0 Å². The number of fused-ring (bicyclic) bond motifs is 4. The number of benzene rings is 1. The highest BCUT2D eigenvalue weighted by Crippen LogP contribution is 2.43. The van der Waals surface area contributed by atoms with E-state index in [2.05, 4.69) is 43.5 Å². The lowest BCUT2D eigenvalue weighted by Crippen LogP contribution is -2.55. The summed E-state index contributed by atoms with van der Waals surface area (Å²) in [5.41, 5.74) is 4.57. The number of hydrogen-bond acceptors (Lipinski definition) is 4. The number of pyridine rings is 1. The van der Waals surface area contributed by atoms with E-state index in [0.29, 0.717) is 11.8 Å². The third-order valence-corrected chi connectivity index (χ3v) is 7.78. The van der Waals surface area contributed by atoms with Crippen LogP contribution in [0.15, 0.2) is 30.9 Å². The lowest BCUT2D eigenvalue weighted by Gasteiger charge is -2.51. The van der Waals surface area contributed by atoms with Crippen LogP contribution in [-0.4, -0.2) is 41.2 Å². The summed E-state index contributed by atoms with van der Waals surface area (Å²) in [6.07, 6.45) is 10.4. The lowest BCUT2D eigenvalue weighted by atomic mass is 9.73. The summed E-state index contributed by atoms with van der Waals surface area (Å²) in [7, 11) is 1.71. The molecule has 3 fully saturated rings. The van der Waals surface area contributed by atoms with E-state index in [1.165, 1.54) is 17.7 Å². The fourth-order valence-electron chi connectivity index (χ4n) is 5.91. The number of aryl methyl sites for hydroxylation is 1. The first kappa shape index (κ1) is 23.3. The van der Waals surface area contributed by atoms with E-state index in [1.54, 1.807) is 7.11 Å². The highest BCUT2D eigenvalue weighted by Gasteiger charge is 2.43. The standard InChI is InChI=1S/C28H40N2O2/c1-5-8-10-22-24(11-9-6-2)29-25-13-12-21(32-4)17-23(25)27(22)28(31)26-16-20-14-15-30(26)18-19(20)7-3/h7,12-13,17,19-20,26,28,31H,3,5-6,8-11,14-16,18H2,1-2,4H3/t19-,20?,26-,28-/m0/s1. The van der Waals surface area contributed by atoms with Crippen LogP contribution in [-0.2, 0) is 12.8 Å². The number of unbranched alkanes of at least 4 members (excludes halogenated alkanes) is 2. The zero-order valence-corrected chi connectivity index (χ0v) is 20.1. The Morgan fingerprint density at radius 1 is 1.25 bits per heavy atom. The Morgan fingerprint density at radius 3 is 2.69 bits per heavy atom. The molecule has 1 aromatic heterocycles. The van der Waals surface area contributed by atoms with Gasteiger partial charge in [-0.25, -0.2) is 0 Å². The van der Waals surface area contributed by atoms with E-state index in [0.717, 1.165) is 80.3 Å². The normalized spacial score (nSPS) is 25.8.